The number of aromatic nitrogens is 2. The monoisotopic (exact) mass is 519 g/mol. The Bertz CT molecular complexity index is 1230. The lowest BCUT2D eigenvalue weighted by Gasteiger charge is -2.40. The van der Waals surface area contributed by atoms with Gasteiger partial charge in [-0.15, -0.1) is 0 Å². The number of likely N-dealkylation sites (tertiary alicyclic amines) is 1. The van der Waals surface area contributed by atoms with E-state index in [1.165, 1.54) is 28.0 Å². The van der Waals surface area contributed by atoms with Gasteiger partial charge in [0.05, 0.1) is 24.2 Å². The van der Waals surface area contributed by atoms with E-state index in [1.54, 1.807) is 0 Å². The van der Waals surface area contributed by atoms with Crippen molar-refractivity contribution in [3.63, 3.8) is 0 Å². The van der Waals surface area contributed by atoms with Gasteiger partial charge in [-0.2, -0.15) is 15.2 Å². The first-order valence-electron chi connectivity index (χ1n) is 13.5. The van der Waals surface area contributed by atoms with Crippen LogP contribution in [0.3, 0.4) is 0 Å². The van der Waals surface area contributed by atoms with Gasteiger partial charge in [0.2, 0.25) is 0 Å². The van der Waals surface area contributed by atoms with Crippen LogP contribution in [0, 0.1) is 25.2 Å². The molecule has 4 heterocycles. The first-order valence-corrected chi connectivity index (χ1v) is 13.5. The number of ether oxygens (including phenoxy) is 1. The van der Waals surface area contributed by atoms with Crippen molar-refractivity contribution in [2.24, 2.45) is 0 Å². The summed E-state index contributed by atoms with van der Waals surface area (Å²) in [7, 11) is 2.12. The molecular formula is C28H37N7O3. The predicted molar refractivity (Wildman–Crippen MR) is 143 cm³/mol. The Kier molecular flexibility index (Phi) is 7.68. The maximum absolute atomic E-state index is 11.8. The molecule has 10 heteroatoms. The van der Waals surface area contributed by atoms with Crippen molar-refractivity contribution < 1.29 is 14.6 Å². The standard InChI is InChI=1S/C28H37N7O3/c1-19-6-4-7-21(20(19)2)14-33-16-24-25(17-33)30-27(38-18-23-8-5-11-32(23)3)31-26(24)34-12-13-35(28(36)37)22(15-34)9-10-29/h4,6-7,22-23H,5,8-9,11-18H2,1-3H3,(H,36,37)/t22-,23?/m0/s1. The molecule has 1 aromatic heterocycles. The largest absolute Gasteiger partial charge is 0.465 e. The highest BCUT2D eigenvalue weighted by atomic mass is 16.5. The van der Waals surface area contributed by atoms with E-state index in [2.05, 4.69) is 59.9 Å². The summed E-state index contributed by atoms with van der Waals surface area (Å²) >= 11 is 0. The zero-order valence-electron chi connectivity index (χ0n) is 22.6. The molecule has 0 radical (unpaired) electrons. The normalized spacial score (nSPS) is 21.9. The molecule has 10 nitrogen and oxygen atoms in total. The first kappa shape index (κ1) is 26.2. The lowest BCUT2D eigenvalue weighted by molar-refractivity contribution is 0.119. The van der Waals surface area contributed by atoms with E-state index in [0.717, 1.165) is 36.6 Å². The number of hydrogen-bond acceptors (Lipinski definition) is 8. The van der Waals surface area contributed by atoms with Gasteiger partial charge in [0.15, 0.2) is 0 Å². The number of carboxylic acid groups (broad SMARTS) is 1. The SMILES string of the molecule is Cc1cccc(CN2Cc3nc(OCC4CCCN4C)nc(N4CCN(C(=O)O)[C@@H](CC#N)C4)c3C2)c1C. The average molecular weight is 520 g/mol. The Balaban J connectivity index is 1.41. The van der Waals surface area contributed by atoms with E-state index in [-0.39, 0.29) is 6.42 Å². The van der Waals surface area contributed by atoms with Crippen LogP contribution >= 0.6 is 0 Å². The van der Waals surface area contributed by atoms with Crippen molar-refractivity contribution in [3.8, 4) is 12.1 Å². The van der Waals surface area contributed by atoms with Crippen LogP contribution in [0.1, 0.15) is 47.2 Å². The molecule has 0 bridgehead atoms. The number of rotatable bonds is 7. The minimum Gasteiger partial charge on any atom is -0.465 e. The molecule has 0 spiro atoms. The molecule has 0 aliphatic carbocycles. The number of piperazine rings is 1. The number of benzene rings is 1. The number of nitriles is 1. The summed E-state index contributed by atoms with van der Waals surface area (Å²) < 4.78 is 6.17. The van der Waals surface area contributed by atoms with Crippen molar-refractivity contribution in [2.75, 3.05) is 44.7 Å². The molecule has 2 aromatic rings. The van der Waals surface area contributed by atoms with Crippen LogP contribution in [-0.4, -0.2) is 87.8 Å². The van der Waals surface area contributed by atoms with Gasteiger partial charge < -0.3 is 24.5 Å². The Morgan fingerprint density at radius 3 is 2.76 bits per heavy atom. The van der Waals surface area contributed by atoms with Crippen LogP contribution in [0.5, 0.6) is 6.01 Å². The summed E-state index contributed by atoms with van der Waals surface area (Å²) in [5, 5.41) is 19.0. The van der Waals surface area contributed by atoms with Crippen LogP contribution in [-0.2, 0) is 19.6 Å². The molecule has 1 aromatic carbocycles. The summed E-state index contributed by atoms with van der Waals surface area (Å²) in [6.45, 7) is 9.43. The fourth-order valence-corrected chi connectivity index (χ4v) is 5.88. The summed E-state index contributed by atoms with van der Waals surface area (Å²) in [5.74, 6) is 0.807. The maximum atomic E-state index is 11.8. The number of likely N-dealkylation sites (N-methyl/N-ethyl adjacent to an activating group) is 1. The average Bonchev–Trinajstić information content (AvgIpc) is 3.50. The molecule has 1 unspecified atom stereocenters. The zero-order chi connectivity index (χ0) is 26.8. The Morgan fingerprint density at radius 2 is 2.03 bits per heavy atom. The van der Waals surface area contributed by atoms with Crippen LogP contribution in [0.15, 0.2) is 18.2 Å². The van der Waals surface area contributed by atoms with E-state index >= 15 is 0 Å². The van der Waals surface area contributed by atoms with Gasteiger partial charge in [-0.05, 0) is 57.0 Å². The van der Waals surface area contributed by atoms with Gasteiger partial charge >= 0.3 is 12.1 Å². The predicted octanol–water partition coefficient (Wildman–Crippen LogP) is 3.16. The van der Waals surface area contributed by atoms with Gasteiger partial charge in [0, 0.05) is 50.9 Å². The van der Waals surface area contributed by atoms with Gasteiger partial charge in [-0.25, -0.2) is 4.79 Å². The molecule has 3 aliphatic rings. The van der Waals surface area contributed by atoms with Crippen molar-refractivity contribution in [3.05, 3.63) is 46.1 Å². The second-order valence-electron chi connectivity index (χ2n) is 10.8. The molecule has 38 heavy (non-hydrogen) atoms. The highest BCUT2D eigenvalue weighted by Gasteiger charge is 2.35. The minimum absolute atomic E-state index is 0.145. The van der Waals surface area contributed by atoms with Crippen LogP contribution in [0.25, 0.3) is 0 Å². The Labute approximate surface area is 224 Å². The quantitative estimate of drug-likeness (QED) is 0.590. The highest BCUT2D eigenvalue weighted by molar-refractivity contribution is 5.66. The van der Waals surface area contributed by atoms with Crippen LogP contribution in [0.4, 0.5) is 10.6 Å². The fourth-order valence-electron chi connectivity index (χ4n) is 5.88. The topological polar surface area (TPSA) is 109 Å². The van der Waals surface area contributed by atoms with Crippen LogP contribution < -0.4 is 9.64 Å². The summed E-state index contributed by atoms with van der Waals surface area (Å²) in [6, 6.07) is 8.92. The number of nitrogens with zero attached hydrogens (tertiary/aromatic N) is 7. The lowest BCUT2D eigenvalue weighted by Crippen LogP contribution is -2.55. The minimum atomic E-state index is -0.984. The van der Waals surface area contributed by atoms with E-state index in [0.29, 0.717) is 51.4 Å². The second-order valence-corrected chi connectivity index (χ2v) is 10.8. The van der Waals surface area contributed by atoms with Gasteiger partial charge in [0.1, 0.15) is 12.4 Å². The third kappa shape index (κ3) is 5.40. The van der Waals surface area contributed by atoms with E-state index < -0.39 is 12.1 Å². The number of fused-ring (bicyclic) bond motifs is 1. The van der Waals surface area contributed by atoms with Crippen LogP contribution in [0.2, 0.25) is 0 Å². The second kappa shape index (κ2) is 11.1. The van der Waals surface area contributed by atoms with Crippen molar-refractivity contribution >= 4 is 11.9 Å². The molecule has 3 aliphatic heterocycles. The fraction of sp³-hybridized carbons (Fsp3) is 0.571. The molecule has 0 saturated carbocycles. The molecule has 2 atom stereocenters. The molecule has 5 rings (SSSR count). The van der Waals surface area contributed by atoms with Gasteiger partial charge in [-0.3, -0.25) is 4.90 Å². The first-order chi connectivity index (χ1) is 18.3. The summed E-state index contributed by atoms with van der Waals surface area (Å²) in [4.78, 5) is 29.7. The molecule has 1 N–H and O–H groups in total. The van der Waals surface area contributed by atoms with E-state index in [4.69, 9.17) is 14.7 Å². The van der Waals surface area contributed by atoms with E-state index in [9.17, 15) is 15.2 Å². The Hall–Kier alpha value is -3.42. The Morgan fingerprint density at radius 1 is 1.18 bits per heavy atom. The highest BCUT2D eigenvalue weighted by Crippen LogP contribution is 2.34. The van der Waals surface area contributed by atoms with E-state index in [1.807, 2.05) is 0 Å². The number of aryl methyl sites for hydroxylation is 1. The molecule has 1 amide bonds. The van der Waals surface area contributed by atoms with Crippen molar-refractivity contribution in [1.82, 2.24) is 24.7 Å². The smallest absolute Gasteiger partial charge is 0.407 e. The maximum Gasteiger partial charge on any atom is 0.407 e. The summed E-state index contributed by atoms with van der Waals surface area (Å²) in [5.41, 5.74) is 5.93. The lowest BCUT2D eigenvalue weighted by atomic mass is 10.0. The van der Waals surface area contributed by atoms with Gasteiger partial charge in [0.25, 0.3) is 0 Å². The molecular weight excluding hydrogens is 482 g/mol. The number of carbonyl (C=O) groups is 1. The van der Waals surface area contributed by atoms with Crippen molar-refractivity contribution in [2.45, 2.75) is 64.8 Å². The van der Waals surface area contributed by atoms with Gasteiger partial charge in [-0.1, -0.05) is 18.2 Å². The number of hydrogen-bond donors (Lipinski definition) is 1. The summed E-state index contributed by atoms with van der Waals surface area (Å²) in [6.07, 6.45) is 1.43. The molecule has 2 saturated heterocycles. The zero-order valence-corrected chi connectivity index (χ0v) is 22.6. The number of anilines is 1. The van der Waals surface area contributed by atoms with Crippen molar-refractivity contribution in [1.29, 1.82) is 5.26 Å². The third-order valence-electron chi connectivity index (χ3n) is 8.35. The molecule has 202 valence electrons. The molecule has 2 fully saturated rings. The third-order valence-corrected chi connectivity index (χ3v) is 8.35. The number of amides is 1.